The number of benzene rings is 1. The van der Waals surface area contributed by atoms with E-state index < -0.39 is 0 Å². The van der Waals surface area contributed by atoms with Crippen molar-refractivity contribution < 1.29 is 0 Å². The summed E-state index contributed by atoms with van der Waals surface area (Å²) in [4.78, 5) is 5.08. The van der Waals surface area contributed by atoms with Crippen molar-refractivity contribution in [1.29, 1.82) is 0 Å². The molecule has 0 bridgehead atoms. The third-order valence-electron chi connectivity index (χ3n) is 4.36. The largest absolute Gasteiger partial charge is 0.397 e. The Morgan fingerprint density at radius 3 is 2.22 bits per heavy atom. The SMILES string of the molecule is Cc1cc(N)c(N2CCN(C3CC3)CC2)cc1C. The maximum atomic E-state index is 6.17. The van der Waals surface area contributed by atoms with E-state index in [1.807, 2.05) is 0 Å². The number of rotatable bonds is 2. The summed E-state index contributed by atoms with van der Waals surface area (Å²) in [7, 11) is 0. The van der Waals surface area contributed by atoms with Gasteiger partial charge in [-0.25, -0.2) is 0 Å². The van der Waals surface area contributed by atoms with Gasteiger partial charge in [-0.05, 0) is 49.9 Å². The van der Waals surface area contributed by atoms with Crippen molar-refractivity contribution in [3.05, 3.63) is 23.3 Å². The summed E-state index contributed by atoms with van der Waals surface area (Å²) < 4.78 is 0. The van der Waals surface area contributed by atoms with Crippen LogP contribution in [-0.2, 0) is 0 Å². The normalized spacial score (nSPS) is 21.3. The molecule has 0 radical (unpaired) electrons. The quantitative estimate of drug-likeness (QED) is 0.811. The average molecular weight is 245 g/mol. The Hall–Kier alpha value is -1.22. The lowest BCUT2D eigenvalue weighted by Gasteiger charge is -2.37. The highest BCUT2D eigenvalue weighted by molar-refractivity contribution is 5.70. The highest BCUT2D eigenvalue weighted by Crippen LogP contribution is 2.31. The minimum absolute atomic E-state index is 0.893. The van der Waals surface area contributed by atoms with Gasteiger partial charge in [-0.3, -0.25) is 4.90 Å². The third-order valence-corrected chi connectivity index (χ3v) is 4.36. The molecular weight excluding hydrogens is 222 g/mol. The van der Waals surface area contributed by atoms with Crippen LogP contribution in [0.15, 0.2) is 12.1 Å². The molecule has 0 unspecified atom stereocenters. The second-order valence-corrected chi connectivity index (χ2v) is 5.75. The molecule has 0 amide bonds. The molecule has 0 aromatic heterocycles. The molecule has 2 fully saturated rings. The molecule has 1 aromatic rings. The summed E-state index contributed by atoms with van der Waals surface area (Å²) >= 11 is 0. The smallest absolute Gasteiger partial charge is 0.0603 e. The number of aryl methyl sites for hydroxylation is 2. The van der Waals surface area contributed by atoms with Crippen molar-refractivity contribution >= 4 is 11.4 Å². The fraction of sp³-hybridized carbons (Fsp3) is 0.600. The van der Waals surface area contributed by atoms with Crippen LogP contribution in [0.3, 0.4) is 0 Å². The van der Waals surface area contributed by atoms with Gasteiger partial charge in [0, 0.05) is 32.2 Å². The number of nitrogens with zero attached hydrogens (tertiary/aromatic N) is 2. The Balaban J connectivity index is 1.73. The van der Waals surface area contributed by atoms with Crippen molar-refractivity contribution in [3.63, 3.8) is 0 Å². The molecule has 1 saturated heterocycles. The second-order valence-electron chi connectivity index (χ2n) is 5.75. The molecule has 0 spiro atoms. The molecular formula is C15H23N3. The van der Waals surface area contributed by atoms with Gasteiger partial charge in [0.25, 0.3) is 0 Å². The summed E-state index contributed by atoms with van der Waals surface area (Å²) in [5.74, 6) is 0. The lowest BCUT2D eigenvalue weighted by atomic mass is 10.1. The summed E-state index contributed by atoms with van der Waals surface area (Å²) in [6, 6.07) is 5.25. The predicted octanol–water partition coefficient (Wildman–Crippen LogP) is 2.17. The van der Waals surface area contributed by atoms with E-state index in [9.17, 15) is 0 Å². The van der Waals surface area contributed by atoms with E-state index in [2.05, 4.69) is 35.8 Å². The van der Waals surface area contributed by atoms with Gasteiger partial charge in [-0.15, -0.1) is 0 Å². The highest BCUT2D eigenvalue weighted by atomic mass is 15.3. The summed E-state index contributed by atoms with van der Waals surface area (Å²) in [5.41, 5.74) is 11.0. The highest BCUT2D eigenvalue weighted by Gasteiger charge is 2.31. The Labute approximate surface area is 110 Å². The second kappa shape index (κ2) is 4.47. The van der Waals surface area contributed by atoms with Gasteiger partial charge in [0.1, 0.15) is 0 Å². The van der Waals surface area contributed by atoms with E-state index in [0.29, 0.717) is 0 Å². The molecule has 1 aromatic carbocycles. The molecule has 1 saturated carbocycles. The number of anilines is 2. The van der Waals surface area contributed by atoms with Crippen molar-refractivity contribution in [2.45, 2.75) is 32.7 Å². The van der Waals surface area contributed by atoms with E-state index in [-0.39, 0.29) is 0 Å². The Morgan fingerprint density at radius 1 is 1.00 bits per heavy atom. The van der Waals surface area contributed by atoms with Crippen LogP contribution in [0.4, 0.5) is 11.4 Å². The first kappa shape index (κ1) is 11.8. The number of piperazine rings is 1. The molecule has 3 rings (SSSR count). The van der Waals surface area contributed by atoms with Gasteiger partial charge < -0.3 is 10.6 Å². The number of hydrogen-bond donors (Lipinski definition) is 1. The molecule has 2 aliphatic rings. The summed E-state index contributed by atoms with van der Waals surface area (Å²) in [6.45, 7) is 8.90. The molecule has 2 N–H and O–H groups in total. The van der Waals surface area contributed by atoms with Gasteiger partial charge in [0.2, 0.25) is 0 Å². The topological polar surface area (TPSA) is 32.5 Å². The van der Waals surface area contributed by atoms with E-state index in [0.717, 1.165) is 24.8 Å². The van der Waals surface area contributed by atoms with E-state index in [1.54, 1.807) is 0 Å². The minimum Gasteiger partial charge on any atom is -0.397 e. The maximum Gasteiger partial charge on any atom is 0.0603 e. The summed E-state index contributed by atoms with van der Waals surface area (Å²) in [6.07, 6.45) is 2.82. The van der Waals surface area contributed by atoms with Crippen LogP contribution in [-0.4, -0.2) is 37.1 Å². The van der Waals surface area contributed by atoms with Crippen LogP contribution < -0.4 is 10.6 Å². The van der Waals surface area contributed by atoms with Crippen molar-refractivity contribution in [2.24, 2.45) is 0 Å². The van der Waals surface area contributed by atoms with Gasteiger partial charge in [-0.2, -0.15) is 0 Å². The van der Waals surface area contributed by atoms with Crippen molar-refractivity contribution in [3.8, 4) is 0 Å². The van der Waals surface area contributed by atoms with Gasteiger partial charge in [-0.1, -0.05) is 0 Å². The van der Waals surface area contributed by atoms with Gasteiger partial charge in [0.05, 0.1) is 11.4 Å². The van der Waals surface area contributed by atoms with Crippen molar-refractivity contribution in [1.82, 2.24) is 4.90 Å². The van der Waals surface area contributed by atoms with Crippen LogP contribution >= 0.6 is 0 Å². The Kier molecular flexibility index (Phi) is 2.94. The Bertz CT molecular complexity index is 443. The molecule has 3 heteroatoms. The zero-order valence-electron chi connectivity index (χ0n) is 11.4. The van der Waals surface area contributed by atoms with E-state index in [4.69, 9.17) is 5.73 Å². The Morgan fingerprint density at radius 2 is 1.61 bits per heavy atom. The first-order valence-corrected chi connectivity index (χ1v) is 7.01. The standard InChI is InChI=1S/C15H23N3/c1-11-9-14(16)15(10-12(11)2)18-7-5-17(6-8-18)13-3-4-13/h9-10,13H,3-8,16H2,1-2H3. The fourth-order valence-corrected chi connectivity index (χ4v) is 2.86. The molecule has 98 valence electrons. The minimum atomic E-state index is 0.893. The zero-order valence-corrected chi connectivity index (χ0v) is 11.4. The van der Waals surface area contributed by atoms with Gasteiger partial charge in [0.15, 0.2) is 0 Å². The van der Waals surface area contributed by atoms with Crippen LogP contribution in [0.5, 0.6) is 0 Å². The maximum absolute atomic E-state index is 6.17. The molecule has 1 aliphatic carbocycles. The lowest BCUT2D eigenvalue weighted by molar-refractivity contribution is 0.248. The van der Waals surface area contributed by atoms with Crippen molar-refractivity contribution in [2.75, 3.05) is 36.8 Å². The summed E-state index contributed by atoms with van der Waals surface area (Å²) in [5, 5.41) is 0. The van der Waals surface area contributed by atoms with Gasteiger partial charge >= 0.3 is 0 Å². The zero-order chi connectivity index (χ0) is 12.7. The molecule has 1 aliphatic heterocycles. The number of nitrogen functional groups attached to an aromatic ring is 1. The number of nitrogens with two attached hydrogens (primary N) is 1. The van der Waals surface area contributed by atoms with E-state index >= 15 is 0 Å². The molecule has 3 nitrogen and oxygen atoms in total. The number of hydrogen-bond acceptors (Lipinski definition) is 3. The monoisotopic (exact) mass is 245 g/mol. The van der Waals surface area contributed by atoms with Crippen LogP contribution in [0.1, 0.15) is 24.0 Å². The van der Waals surface area contributed by atoms with Crippen LogP contribution in [0.25, 0.3) is 0 Å². The molecule has 1 heterocycles. The third kappa shape index (κ3) is 2.19. The fourth-order valence-electron chi connectivity index (χ4n) is 2.86. The lowest BCUT2D eigenvalue weighted by Crippen LogP contribution is -2.47. The van der Waals surface area contributed by atoms with Crippen LogP contribution in [0.2, 0.25) is 0 Å². The van der Waals surface area contributed by atoms with Crippen LogP contribution in [0, 0.1) is 13.8 Å². The first-order valence-electron chi connectivity index (χ1n) is 7.01. The predicted molar refractivity (Wildman–Crippen MR) is 77.1 cm³/mol. The molecule has 18 heavy (non-hydrogen) atoms. The molecule has 0 atom stereocenters. The average Bonchev–Trinajstić information content (AvgIpc) is 3.18. The van der Waals surface area contributed by atoms with E-state index in [1.165, 1.54) is 42.7 Å². The first-order chi connectivity index (χ1) is 8.65.